The van der Waals surface area contributed by atoms with E-state index in [4.69, 9.17) is 0 Å². The molecule has 2 saturated carbocycles. The molecule has 1 nitrogen and oxygen atoms in total. The van der Waals surface area contributed by atoms with Crippen LogP contribution in [0.3, 0.4) is 0 Å². The fourth-order valence-corrected chi connectivity index (χ4v) is 3.88. The molecule has 2 aliphatic rings. The largest absolute Gasteiger partial charge is 0.385 e. The van der Waals surface area contributed by atoms with E-state index in [2.05, 4.69) is 32.0 Å². The molecule has 0 radical (unpaired) electrons. The Balaban J connectivity index is 2.03. The second-order valence-corrected chi connectivity index (χ2v) is 5.88. The van der Waals surface area contributed by atoms with E-state index in [0.717, 1.165) is 17.9 Å². The summed E-state index contributed by atoms with van der Waals surface area (Å²) < 4.78 is 0. The molecule has 0 spiro atoms. The minimum atomic E-state index is -0.514. The van der Waals surface area contributed by atoms with Gasteiger partial charge in [0.05, 0.1) is 5.60 Å². The molecule has 1 aromatic carbocycles. The van der Waals surface area contributed by atoms with Crippen LogP contribution in [0.25, 0.3) is 0 Å². The lowest BCUT2D eigenvalue weighted by molar-refractivity contribution is -0.0183. The zero-order valence-corrected chi connectivity index (χ0v) is 10.2. The van der Waals surface area contributed by atoms with Crippen LogP contribution in [0.4, 0.5) is 0 Å². The molecular weight excluding hydrogens is 196 g/mol. The third-order valence-corrected chi connectivity index (χ3v) is 4.54. The molecule has 1 aromatic rings. The second-order valence-electron chi connectivity index (χ2n) is 5.88. The van der Waals surface area contributed by atoms with Crippen LogP contribution >= 0.6 is 0 Å². The van der Waals surface area contributed by atoms with Crippen molar-refractivity contribution in [1.82, 2.24) is 0 Å². The highest BCUT2D eigenvalue weighted by Crippen LogP contribution is 2.55. The van der Waals surface area contributed by atoms with Gasteiger partial charge in [0, 0.05) is 0 Å². The van der Waals surface area contributed by atoms with Crippen molar-refractivity contribution in [1.29, 1.82) is 0 Å². The molecule has 0 aliphatic heterocycles. The Hall–Kier alpha value is -0.820. The highest BCUT2D eigenvalue weighted by atomic mass is 16.3. The Labute approximate surface area is 97.5 Å². The molecule has 0 aromatic heterocycles. The first-order chi connectivity index (χ1) is 7.58. The van der Waals surface area contributed by atoms with Crippen molar-refractivity contribution in [2.45, 2.75) is 45.1 Å². The molecule has 3 rings (SSSR count). The molecule has 1 N–H and O–H groups in total. The van der Waals surface area contributed by atoms with E-state index >= 15 is 0 Å². The average molecular weight is 216 g/mol. The number of benzene rings is 1. The van der Waals surface area contributed by atoms with Crippen molar-refractivity contribution < 1.29 is 5.11 Å². The molecule has 86 valence electrons. The molecule has 3 unspecified atom stereocenters. The summed E-state index contributed by atoms with van der Waals surface area (Å²) in [6, 6.07) is 6.53. The molecular formula is C15H20O. The number of rotatable bonds is 1. The Morgan fingerprint density at radius 3 is 2.31 bits per heavy atom. The van der Waals surface area contributed by atoms with Gasteiger partial charge < -0.3 is 5.11 Å². The fraction of sp³-hybridized carbons (Fsp3) is 0.600. The first-order valence-electron chi connectivity index (χ1n) is 6.39. The summed E-state index contributed by atoms with van der Waals surface area (Å²) in [6.07, 6.45) is 4.77. The summed E-state index contributed by atoms with van der Waals surface area (Å²) in [5.74, 6) is 1.29. The van der Waals surface area contributed by atoms with Gasteiger partial charge in [0.1, 0.15) is 0 Å². The third kappa shape index (κ3) is 1.41. The number of aliphatic hydroxyl groups is 1. The van der Waals surface area contributed by atoms with Crippen molar-refractivity contribution in [3.8, 4) is 0 Å². The van der Waals surface area contributed by atoms with E-state index in [9.17, 15) is 5.11 Å². The minimum Gasteiger partial charge on any atom is -0.385 e. The molecule has 2 bridgehead atoms. The Morgan fingerprint density at radius 2 is 1.81 bits per heavy atom. The van der Waals surface area contributed by atoms with Crippen LogP contribution in [0.15, 0.2) is 18.2 Å². The maximum absolute atomic E-state index is 10.9. The normalized spacial score (nSPS) is 36.9. The van der Waals surface area contributed by atoms with Gasteiger partial charge in [-0.2, -0.15) is 0 Å². The standard InChI is InChI=1S/C15H20O/c1-10-5-11(2)7-14(6-10)15(16)9-12-3-4-13(15)8-12/h5-7,12-13,16H,3-4,8-9H2,1-2H3. The Bertz CT molecular complexity index is 403. The van der Waals surface area contributed by atoms with Crippen LogP contribution in [-0.2, 0) is 5.60 Å². The van der Waals surface area contributed by atoms with Gasteiger partial charge in [-0.1, -0.05) is 29.3 Å². The van der Waals surface area contributed by atoms with E-state index < -0.39 is 5.60 Å². The van der Waals surface area contributed by atoms with E-state index in [1.807, 2.05) is 0 Å². The maximum Gasteiger partial charge on any atom is 0.0927 e. The molecule has 2 aliphatic carbocycles. The highest BCUT2D eigenvalue weighted by Gasteiger charge is 2.50. The molecule has 0 saturated heterocycles. The van der Waals surface area contributed by atoms with Gasteiger partial charge >= 0.3 is 0 Å². The van der Waals surface area contributed by atoms with Crippen LogP contribution in [-0.4, -0.2) is 5.11 Å². The van der Waals surface area contributed by atoms with E-state index in [1.54, 1.807) is 0 Å². The van der Waals surface area contributed by atoms with Gasteiger partial charge in [-0.05, 0) is 56.9 Å². The quantitative estimate of drug-likeness (QED) is 0.763. The predicted molar refractivity (Wildman–Crippen MR) is 65.3 cm³/mol. The molecule has 16 heavy (non-hydrogen) atoms. The predicted octanol–water partition coefficient (Wildman–Crippen LogP) is 3.31. The topological polar surface area (TPSA) is 20.2 Å². The third-order valence-electron chi connectivity index (χ3n) is 4.54. The second kappa shape index (κ2) is 3.33. The fourth-order valence-electron chi connectivity index (χ4n) is 3.88. The summed E-state index contributed by atoms with van der Waals surface area (Å²) in [4.78, 5) is 0. The lowest BCUT2D eigenvalue weighted by Gasteiger charge is -2.33. The first kappa shape index (κ1) is 10.3. The van der Waals surface area contributed by atoms with Crippen LogP contribution < -0.4 is 0 Å². The highest BCUT2D eigenvalue weighted by molar-refractivity contribution is 5.34. The number of hydrogen-bond donors (Lipinski definition) is 1. The summed E-state index contributed by atoms with van der Waals surface area (Å²) in [7, 11) is 0. The van der Waals surface area contributed by atoms with Crippen LogP contribution in [0.5, 0.6) is 0 Å². The number of hydrogen-bond acceptors (Lipinski definition) is 1. The van der Waals surface area contributed by atoms with Crippen molar-refractivity contribution in [2.75, 3.05) is 0 Å². The molecule has 2 fully saturated rings. The van der Waals surface area contributed by atoms with Gasteiger partial charge in [-0.3, -0.25) is 0 Å². The Kier molecular flexibility index (Phi) is 2.16. The zero-order valence-electron chi connectivity index (χ0n) is 10.2. The monoisotopic (exact) mass is 216 g/mol. The first-order valence-corrected chi connectivity index (χ1v) is 6.39. The SMILES string of the molecule is Cc1cc(C)cc(C2(O)CC3CCC2C3)c1. The van der Waals surface area contributed by atoms with Crippen molar-refractivity contribution in [2.24, 2.45) is 11.8 Å². The van der Waals surface area contributed by atoms with Crippen molar-refractivity contribution in [3.63, 3.8) is 0 Å². The number of fused-ring (bicyclic) bond motifs is 2. The van der Waals surface area contributed by atoms with Gasteiger partial charge in [0.2, 0.25) is 0 Å². The van der Waals surface area contributed by atoms with Crippen molar-refractivity contribution >= 4 is 0 Å². The molecule has 0 heterocycles. The van der Waals surface area contributed by atoms with Gasteiger partial charge in [0.25, 0.3) is 0 Å². The number of aryl methyl sites for hydroxylation is 2. The van der Waals surface area contributed by atoms with Gasteiger partial charge in [-0.25, -0.2) is 0 Å². The smallest absolute Gasteiger partial charge is 0.0927 e. The molecule has 3 atom stereocenters. The Morgan fingerprint density at radius 1 is 1.12 bits per heavy atom. The van der Waals surface area contributed by atoms with E-state index in [-0.39, 0.29) is 0 Å². The average Bonchev–Trinajstić information content (AvgIpc) is 2.76. The lowest BCUT2D eigenvalue weighted by Crippen LogP contribution is -2.32. The summed E-state index contributed by atoms with van der Waals surface area (Å²) >= 11 is 0. The molecule has 1 heteroatoms. The van der Waals surface area contributed by atoms with Gasteiger partial charge in [0.15, 0.2) is 0 Å². The molecule has 0 amide bonds. The summed E-state index contributed by atoms with van der Waals surface area (Å²) in [6.45, 7) is 4.24. The van der Waals surface area contributed by atoms with E-state index in [1.165, 1.54) is 30.4 Å². The lowest BCUT2D eigenvalue weighted by atomic mass is 9.78. The minimum absolute atomic E-state index is 0.513. The maximum atomic E-state index is 10.9. The summed E-state index contributed by atoms with van der Waals surface area (Å²) in [5.41, 5.74) is 3.19. The summed E-state index contributed by atoms with van der Waals surface area (Å²) in [5, 5.41) is 10.9. The van der Waals surface area contributed by atoms with Crippen molar-refractivity contribution in [3.05, 3.63) is 34.9 Å². The van der Waals surface area contributed by atoms with E-state index in [0.29, 0.717) is 5.92 Å². The van der Waals surface area contributed by atoms with Crippen LogP contribution in [0.1, 0.15) is 42.4 Å². The van der Waals surface area contributed by atoms with Gasteiger partial charge in [-0.15, -0.1) is 0 Å². The van der Waals surface area contributed by atoms with Crippen LogP contribution in [0, 0.1) is 25.7 Å². The van der Waals surface area contributed by atoms with Crippen LogP contribution in [0.2, 0.25) is 0 Å². The zero-order chi connectivity index (χ0) is 11.3.